The molecule has 1 amide bonds. The Morgan fingerprint density at radius 3 is 2.79 bits per heavy atom. The first-order chi connectivity index (χ1) is 11.4. The zero-order valence-corrected chi connectivity index (χ0v) is 13.9. The van der Waals surface area contributed by atoms with E-state index < -0.39 is 27.9 Å². The van der Waals surface area contributed by atoms with Crippen LogP contribution in [-0.4, -0.2) is 44.3 Å². The zero-order valence-electron chi connectivity index (χ0n) is 13.1. The van der Waals surface area contributed by atoms with Gasteiger partial charge >= 0.3 is 5.97 Å². The molecule has 0 spiro atoms. The van der Waals surface area contributed by atoms with Crippen LogP contribution in [-0.2, 0) is 24.3 Å². The predicted octanol–water partition coefficient (Wildman–Crippen LogP) is 0.865. The van der Waals surface area contributed by atoms with Gasteiger partial charge in [-0.05, 0) is 25.0 Å². The number of amides is 1. The quantitative estimate of drug-likeness (QED) is 0.787. The fraction of sp³-hybridized carbons (Fsp3) is 0.400. The average Bonchev–Trinajstić information content (AvgIpc) is 3.05. The number of carbonyl (C=O) groups excluding carboxylic acids is 2. The van der Waals surface area contributed by atoms with E-state index in [2.05, 4.69) is 10.1 Å². The Labute approximate surface area is 140 Å². The highest BCUT2D eigenvalue weighted by molar-refractivity contribution is 7.89. The second kappa shape index (κ2) is 7.42. The predicted molar refractivity (Wildman–Crippen MR) is 84.2 cm³/mol. The third-order valence-electron chi connectivity index (χ3n) is 3.66. The number of nitrogens with zero attached hydrogens (tertiary/aromatic N) is 2. The van der Waals surface area contributed by atoms with Gasteiger partial charge in [0.15, 0.2) is 0 Å². The van der Waals surface area contributed by atoms with Gasteiger partial charge in [-0.3, -0.25) is 9.59 Å². The first-order valence-electron chi connectivity index (χ1n) is 7.27. The molecule has 1 atom stereocenters. The molecule has 1 aromatic rings. The maximum Gasteiger partial charge on any atom is 0.324 e. The highest BCUT2D eigenvalue weighted by Crippen LogP contribution is 2.30. The maximum atomic E-state index is 12.9. The summed E-state index contributed by atoms with van der Waals surface area (Å²) in [5.41, 5.74) is 0.0771. The number of esters is 1. The van der Waals surface area contributed by atoms with Crippen molar-refractivity contribution in [3.8, 4) is 6.07 Å². The van der Waals surface area contributed by atoms with Crippen LogP contribution in [0.3, 0.4) is 0 Å². The van der Waals surface area contributed by atoms with Gasteiger partial charge in [0.05, 0.1) is 18.9 Å². The van der Waals surface area contributed by atoms with Gasteiger partial charge in [-0.15, -0.1) is 0 Å². The minimum absolute atomic E-state index is 0.0771. The van der Waals surface area contributed by atoms with E-state index in [9.17, 15) is 18.0 Å². The topological polar surface area (TPSA) is 117 Å². The summed E-state index contributed by atoms with van der Waals surface area (Å²) in [5, 5.41) is 11.0. The standard InChI is InChI=1S/C15H17N3O5S/c1-23-15(20)12-6-4-10-18(12)24(21,22)13-7-3-2-5-11(13)17-14(19)8-9-16/h2-3,5,7,12H,4,6,8,10H2,1H3,(H,17,19). The van der Waals surface area contributed by atoms with Gasteiger partial charge in [0, 0.05) is 6.54 Å². The molecule has 0 radical (unpaired) electrons. The maximum absolute atomic E-state index is 12.9. The van der Waals surface area contributed by atoms with Gasteiger partial charge < -0.3 is 10.1 Å². The number of nitrogens with one attached hydrogen (secondary N) is 1. The molecule has 1 fully saturated rings. The van der Waals surface area contributed by atoms with Crippen LogP contribution in [0.1, 0.15) is 19.3 Å². The smallest absolute Gasteiger partial charge is 0.324 e. The Balaban J connectivity index is 2.38. The summed E-state index contributed by atoms with van der Waals surface area (Å²) in [4.78, 5) is 23.3. The molecule has 2 rings (SSSR count). The zero-order chi connectivity index (χ0) is 17.7. The molecule has 1 N–H and O–H groups in total. The van der Waals surface area contributed by atoms with E-state index in [4.69, 9.17) is 5.26 Å². The number of ether oxygens (including phenoxy) is 1. The normalized spacial score (nSPS) is 17.9. The minimum Gasteiger partial charge on any atom is -0.468 e. The van der Waals surface area contributed by atoms with Crippen LogP contribution in [0.5, 0.6) is 0 Å². The number of nitriles is 1. The molecule has 0 aromatic heterocycles. The Hall–Kier alpha value is -2.44. The summed E-state index contributed by atoms with van der Waals surface area (Å²) < 4.78 is 31.6. The molecule has 9 heteroatoms. The Morgan fingerprint density at radius 1 is 1.42 bits per heavy atom. The van der Waals surface area contributed by atoms with E-state index in [-0.39, 0.29) is 23.5 Å². The van der Waals surface area contributed by atoms with Gasteiger partial charge in [0.1, 0.15) is 17.4 Å². The molecular formula is C15H17N3O5S. The first-order valence-corrected chi connectivity index (χ1v) is 8.71. The van der Waals surface area contributed by atoms with Crippen LogP contribution in [0.15, 0.2) is 29.2 Å². The van der Waals surface area contributed by atoms with Crippen molar-refractivity contribution in [2.24, 2.45) is 0 Å². The number of para-hydroxylation sites is 1. The fourth-order valence-electron chi connectivity index (χ4n) is 2.59. The molecule has 8 nitrogen and oxygen atoms in total. The van der Waals surface area contributed by atoms with Crippen LogP contribution < -0.4 is 5.32 Å². The molecule has 1 aliphatic rings. The lowest BCUT2D eigenvalue weighted by Crippen LogP contribution is -2.41. The lowest BCUT2D eigenvalue weighted by molar-refractivity contribution is -0.144. The van der Waals surface area contributed by atoms with E-state index in [1.165, 1.54) is 25.3 Å². The lowest BCUT2D eigenvalue weighted by atomic mass is 10.2. The van der Waals surface area contributed by atoms with Crippen molar-refractivity contribution < 1.29 is 22.7 Å². The van der Waals surface area contributed by atoms with Crippen molar-refractivity contribution in [2.45, 2.75) is 30.2 Å². The van der Waals surface area contributed by atoms with Crippen molar-refractivity contribution in [3.63, 3.8) is 0 Å². The van der Waals surface area contributed by atoms with E-state index in [1.54, 1.807) is 12.1 Å². The molecule has 1 aliphatic heterocycles. The molecule has 128 valence electrons. The van der Waals surface area contributed by atoms with Crippen molar-refractivity contribution in [2.75, 3.05) is 19.0 Å². The molecule has 1 saturated heterocycles. The third-order valence-corrected chi connectivity index (χ3v) is 5.63. The number of sulfonamides is 1. The Kier molecular flexibility index (Phi) is 5.54. The molecule has 0 saturated carbocycles. The summed E-state index contributed by atoms with van der Waals surface area (Å²) >= 11 is 0. The number of benzene rings is 1. The average molecular weight is 351 g/mol. The van der Waals surface area contributed by atoms with Gasteiger partial charge in [0.2, 0.25) is 15.9 Å². The van der Waals surface area contributed by atoms with Crippen LogP contribution in [0.2, 0.25) is 0 Å². The van der Waals surface area contributed by atoms with E-state index >= 15 is 0 Å². The molecule has 1 unspecified atom stereocenters. The van der Waals surface area contributed by atoms with Crippen molar-refractivity contribution in [1.82, 2.24) is 4.31 Å². The van der Waals surface area contributed by atoms with E-state index in [0.29, 0.717) is 12.8 Å². The van der Waals surface area contributed by atoms with Crippen LogP contribution in [0, 0.1) is 11.3 Å². The van der Waals surface area contributed by atoms with Crippen molar-refractivity contribution >= 4 is 27.6 Å². The lowest BCUT2D eigenvalue weighted by Gasteiger charge is -2.23. The van der Waals surface area contributed by atoms with Crippen LogP contribution in [0.25, 0.3) is 0 Å². The number of methoxy groups -OCH3 is 1. The number of anilines is 1. The van der Waals surface area contributed by atoms with Gasteiger partial charge in [-0.2, -0.15) is 9.57 Å². The van der Waals surface area contributed by atoms with Crippen molar-refractivity contribution in [3.05, 3.63) is 24.3 Å². The molecule has 24 heavy (non-hydrogen) atoms. The minimum atomic E-state index is -4.00. The molecule has 0 bridgehead atoms. The van der Waals surface area contributed by atoms with Gasteiger partial charge in [-0.25, -0.2) is 8.42 Å². The van der Waals surface area contributed by atoms with Gasteiger partial charge in [-0.1, -0.05) is 12.1 Å². The molecular weight excluding hydrogens is 334 g/mol. The first kappa shape index (κ1) is 17.9. The Bertz CT molecular complexity index is 785. The van der Waals surface area contributed by atoms with Gasteiger partial charge in [0.25, 0.3) is 0 Å². The highest BCUT2D eigenvalue weighted by atomic mass is 32.2. The fourth-order valence-corrected chi connectivity index (χ4v) is 4.38. The summed E-state index contributed by atoms with van der Waals surface area (Å²) in [6.45, 7) is 0.197. The number of rotatable bonds is 5. The summed E-state index contributed by atoms with van der Waals surface area (Å²) in [6.07, 6.45) is 0.541. The highest BCUT2D eigenvalue weighted by Gasteiger charge is 2.41. The van der Waals surface area contributed by atoms with E-state index in [1.807, 2.05) is 0 Å². The second-order valence-corrected chi connectivity index (χ2v) is 7.04. The summed E-state index contributed by atoms with van der Waals surface area (Å²) in [7, 11) is -2.79. The molecule has 1 heterocycles. The molecule has 1 aromatic carbocycles. The van der Waals surface area contributed by atoms with Crippen molar-refractivity contribution in [1.29, 1.82) is 5.26 Å². The third kappa shape index (κ3) is 3.55. The molecule has 0 aliphatic carbocycles. The number of hydrogen-bond donors (Lipinski definition) is 1. The SMILES string of the molecule is COC(=O)C1CCCN1S(=O)(=O)c1ccccc1NC(=O)CC#N. The monoisotopic (exact) mass is 351 g/mol. The van der Waals surface area contributed by atoms with Crippen LogP contribution in [0.4, 0.5) is 5.69 Å². The van der Waals surface area contributed by atoms with E-state index in [0.717, 1.165) is 4.31 Å². The largest absolute Gasteiger partial charge is 0.468 e. The Morgan fingerprint density at radius 2 is 2.12 bits per heavy atom. The second-order valence-electron chi connectivity index (χ2n) is 5.18. The van der Waals surface area contributed by atoms with Crippen LogP contribution >= 0.6 is 0 Å². The number of carbonyl (C=O) groups is 2. The summed E-state index contributed by atoms with van der Waals surface area (Å²) in [5.74, 6) is -1.21. The number of hydrogen-bond acceptors (Lipinski definition) is 6. The summed E-state index contributed by atoms with van der Waals surface area (Å²) in [6, 6.07) is 6.71.